The van der Waals surface area contributed by atoms with E-state index in [2.05, 4.69) is 10.1 Å². The van der Waals surface area contributed by atoms with Gasteiger partial charge in [-0.2, -0.15) is 5.10 Å². The molecule has 1 saturated heterocycles. The van der Waals surface area contributed by atoms with Gasteiger partial charge in [-0.3, -0.25) is 9.59 Å². The molecule has 1 aliphatic heterocycles. The molecule has 0 atom stereocenters. The Bertz CT molecular complexity index is 854. The number of amides is 1. The molecule has 1 N–H and O–H groups in total. The smallest absolute Gasteiger partial charge is 0.262 e. The molecule has 7 heteroatoms. The lowest BCUT2D eigenvalue weighted by Crippen LogP contribution is -2.37. The van der Waals surface area contributed by atoms with Crippen molar-refractivity contribution in [1.82, 2.24) is 24.6 Å². The number of fused-ring (bicyclic) bond motifs is 1. The first kappa shape index (κ1) is 16.3. The summed E-state index contributed by atoms with van der Waals surface area (Å²) in [6.07, 6.45) is 6.32. The number of aromatic nitrogens is 4. The summed E-state index contributed by atoms with van der Waals surface area (Å²) in [5.41, 5.74) is 1.40. The minimum atomic E-state index is -0.0873. The van der Waals surface area contributed by atoms with E-state index in [1.165, 1.54) is 12.8 Å². The number of nitrogens with one attached hydrogen (secondary N) is 1. The van der Waals surface area contributed by atoms with Crippen LogP contribution in [0.4, 0.5) is 0 Å². The number of nitrogens with zero attached hydrogens (tertiary/aromatic N) is 4. The van der Waals surface area contributed by atoms with Crippen LogP contribution in [0.3, 0.4) is 0 Å². The highest BCUT2D eigenvalue weighted by Crippen LogP contribution is 2.32. The number of carbonyl (C=O) groups is 1. The van der Waals surface area contributed by atoms with E-state index in [4.69, 9.17) is 4.98 Å². The third-order valence-electron chi connectivity index (χ3n) is 5.75. The Morgan fingerprint density at radius 3 is 2.48 bits per heavy atom. The van der Waals surface area contributed by atoms with Gasteiger partial charge in [0.2, 0.25) is 5.91 Å². The molecule has 2 aromatic heterocycles. The molecule has 7 nitrogen and oxygen atoms in total. The van der Waals surface area contributed by atoms with Gasteiger partial charge < -0.3 is 9.88 Å². The van der Waals surface area contributed by atoms with Crippen molar-refractivity contribution >= 4 is 16.9 Å². The Hall–Kier alpha value is -2.18. The highest BCUT2D eigenvalue weighted by molar-refractivity contribution is 5.77. The second-order valence-corrected chi connectivity index (χ2v) is 7.40. The fourth-order valence-corrected chi connectivity index (χ4v) is 4.29. The molecule has 25 heavy (non-hydrogen) atoms. The summed E-state index contributed by atoms with van der Waals surface area (Å²) >= 11 is 0. The van der Waals surface area contributed by atoms with E-state index in [0.29, 0.717) is 11.4 Å². The maximum absolute atomic E-state index is 12.7. The maximum atomic E-state index is 12.7. The van der Waals surface area contributed by atoms with Crippen LogP contribution in [0, 0.1) is 6.92 Å². The molecular weight excluding hydrogens is 318 g/mol. The highest BCUT2D eigenvalue weighted by Gasteiger charge is 2.27. The Morgan fingerprint density at radius 1 is 1.16 bits per heavy atom. The Kier molecular flexibility index (Phi) is 4.09. The molecule has 3 heterocycles. The minimum absolute atomic E-state index is 0.0873. The quantitative estimate of drug-likeness (QED) is 0.906. The van der Waals surface area contributed by atoms with Crippen LogP contribution in [0.5, 0.6) is 0 Å². The highest BCUT2D eigenvalue weighted by atomic mass is 16.2. The van der Waals surface area contributed by atoms with Crippen molar-refractivity contribution in [1.29, 1.82) is 0 Å². The third-order valence-corrected chi connectivity index (χ3v) is 5.75. The van der Waals surface area contributed by atoms with Crippen molar-refractivity contribution in [3.63, 3.8) is 0 Å². The van der Waals surface area contributed by atoms with Crippen LogP contribution in [0.25, 0.3) is 11.0 Å². The predicted molar refractivity (Wildman–Crippen MR) is 94.6 cm³/mol. The first-order chi connectivity index (χ1) is 12.0. The number of likely N-dealkylation sites (tertiary alicyclic amines) is 1. The molecular formula is C18H25N5O2. The number of carbonyl (C=O) groups excluding carboxylic acids is 1. The van der Waals surface area contributed by atoms with Gasteiger partial charge in [-0.15, -0.1) is 0 Å². The van der Waals surface area contributed by atoms with Gasteiger partial charge in [0.05, 0.1) is 11.7 Å². The molecule has 0 bridgehead atoms. The van der Waals surface area contributed by atoms with Crippen molar-refractivity contribution in [3.8, 4) is 0 Å². The van der Waals surface area contributed by atoms with Crippen LogP contribution in [0.2, 0.25) is 0 Å². The van der Waals surface area contributed by atoms with Crippen molar-refractivity contribution in [3.05, 3.63) is 21.9 Å². The van der Waals surface area contributed by atoms with Crippen LogP contribution >= 0.6 is 0 Å². The van der Waals surface area contributed by atoms with Gasteiger partial charge >= 0.3 is 0 Å². The number of aromatic amines is 1. The number of piperidine rings is 1. The van der Waals surface area contributed by atoms with Crippen LogP contribution in [0.15, 0.2) is 4.79 Å². The average molecular weight is 343 g/mol. The fourth-order valence-electron chi connectivity index (χ4n) is 4.29. The van der Waals surface area contributed by atoms with Gasteiger partial charge in [-0.25, -0.2) is 9.67 Å². The maximum Gasteiger partial charge on any atom is 0.262 e. The van der Waals surface area contributed by atoms with Crippen molar-refractivity contribution < 1.29 is 4.79 Å². The number of H-pyrrole nitrogens is 1. The number of hydrogen-bond acceptors (Lipinski definition) is 4. The van der Waals surface area contributed by atoms with E-state index in [9.17, 15) is 9.59 Å². The van der Waals surface area contributed by atoms with E-state index in [-0.39, 0.29) is 17.4 Å². The first-order valence-corrected chi connectivity index (χ1v) is 9.29. The molecule has 1 amide bonds. The molecule has 2 aliphatic rings. The van der Waals surface area contributed by atoms with Crippen molar-refractivity contribution in [2.75, 3.05) is 13.1 Å². The summed E-state index contributed by atoms with van der Waals surface area (Å²) in [7, 11) is 0. The van der Waals surface area contributed by atoms with Crippen molar-refractivity contribution in [2.24, 2.45) is 0 Å². The molecule has 0 spiro atoms. The SMILES string of the molecule is CC(=O)N1CCC(c2nc3c(c(C)nn3C3CCCC3)c(=O)[nH]2)CC1. The number of rotatable bonds is 2. The van der Waals surface area contributed by atoms with Gasteiger partial charge in [-0.05, 0) is 32.6 Å². The lowest BCUT2D eigenvalue weighted by atomic mass is 9.96. The fraction of sp³-hybridized carbons (Fsp3) is 0.667. The summed E-state index contributed by atoms with van der Waals surface area (Å²) in [5.74, 6) is 1.06. The zero-order chi connectivity index (χ0) is 17.6. The van der Waals surface area contributed by atoms with Crippen molar-refractivity contribution in [2.45, 2.75) is 64.3 Å². The topological polar surface area (TPSA) is 83.9 Å². The second-order valence-electron chi connectivity index (χ2n) is 7.40. The third kappa shape index (κ3) is 2.85. The lowest BCUT2D eigenvalue weighted by Gasteiger charge is -2.30. The zero-order valence-electron chi connectivity index (χ0n) is 14.9. The zero-order valence-corrected chi connectivity index (χ0v) is 14.9. The predicted octanol–water partition coefficient (Wildman–Crippen LogP) is 2.27. The molecule has 134 valence electrons. The van der Waals surface area contributed by atoms with Gasteiger partial charge in [0, 0.05) is 25.9 Å². The molecule has 2 aromatic rings. The molecule has 0 radical (unpaired) electrons. The Morgan fingerprint density at radius 2 is 1.84 bits per heavy atom. The van der Waals surface area contributed by atoms with Crippen LogP contribution < -0.4 is 5.56 Å². The molecule has 0 unspecified atom stereocenters. The molecule has 2 fully saturated rings. The second kappa shape index (κ2) is 6.28. The number of aryl methyl sites for hydroxylation is 1. The van der Waals surface area contributed by atoms with E-state index in [1.807, 2.05) is 16.5 Å². The van der Waals surface area contributed by atoms with Crippen LogP contribution in [0.1, 0.15) is 68.9 Å². The Balaban J connectivity index is 1.70. The van der Waals surface area contributed by atoms with Gasteiger partial charge in [0.15, 0.2) is 5.65 Å². The van der Waals surface area contributed by atoms with Gasteiger partial charge in [0.1, 0.15) is 11.2 Å². The lowest BCUT2D eigenvalue weighted by molar-refractivity contribution is -0.129. The van der Waals surface area contributed by atoms with E-state index < -0.39 is 0 Å². The largest absolute Gasteiger partial charge is 0.343 e. The summed E-state index contributed by atoms with van der Waals surface area (Å²) in [5, 5.41) is 5.26. The summed E-state index contributed by atoms with van der Waals surface area (Å²) in [6, 6.07) is 0.359. The number of hydrogen-bond donors (Lipinski definition) is 1. The minimum Gasteiger partial charge on any atom is -0.343 e. The summed E-state index contributed by atoms with van der Waals surface area (Å²) < 4.78 is 1.99. The molecule has 4 rings (SSSR count). The van der Waals surface area contributed by atoms with E-state index in [1.54, 1.807) is 6.92 Å². The standard InChI is InChI=1S/C18H25N5O2/c1-11-15-17(23(21-11)14-5-3-4-6-14)19-16(20-18(15)25)13-7-9-22(10-8-13)12(2)24/h13-14H,3-10H2,1-2H3,(H,19,20,25). The van der Waals surface area contributed by atoms with Gasteiger partial charge in [-0.1, -0.05) is 12.8 Å². The normalized spacial score (nSPS) is 19.8. The average Bonchev–Trinajstić information content (AvgIpc) is 3.23. The first-order valence-electron chi connectivity index (χ1n) is 9.29. The monoisotopic (exact) mass is 343 g/mol. The van der Waals surface area contributed by atoms with Gasteiger partial charge in [0.25, 0.3) is 5.56 Å². The van der Waals surface area contributed by atoms with Crippen LogP contribution in [-0.4, -0.2) is 43.6 Å². The van der Waals surface area contributed by atoms with Crippen LogP contribution in [-0.2, 0) is 4.79 Å². The van der Waals surface area contributed by atoms with E-state index in [0.717, 1.165) is 55.9 Å². The summed E-state index contributed by atoms with van der Waals surface area (Å²) in [4.78, 5) is 33.8. The molecule has 1 aliphatic carbocycles. The molecule has 1 saturated carbocycles. The summed E-state index contributed by atoms with van der Waals surface area (Å²) in [6.45, 7) is 4.94. The molecule has 0 aromatic carbocycles. The van der Waals surface area contributed by atoms with E-state index >= 15 is 0 Å². The Labute approximate surface area is 146 Å².